The highest BCUT2D eigenvalue weighted by Gasteiger charge is 2.05. The van der Waals surface area contributed by atoms with Gasteiger partial charge in [0.2, 0.25) is 5.13 Å². The molecule has 6 N–H and O–H groups in total. The molecule has 0 bridgehead atoms. The molecule has 1 aromatic carbocycles. The van der Waals surface area contributed by atoms with Gasteiger partial charge in [-0.05, 0) is 11.6 Å². The number of benzene rings is 1. The molecule has 0 radical (unpaired) electrons. The summed E-state index contributed by atoms with van der Waals surface area (Å²) in [7, 11) is 0. The standard InChI is InChI=1S/C13H17N5OS.2ClH/c14-7-9-2-1-3-10(6-9)11-8-20-13(17-11)18-12(15)16-4-5-19;;/h1-3,6,8,19H,4-5,7,14H2,(H3,15,16,17,18);2*1H. The lowest BCUT2D eigenvalue weighted by molar-refractivity contribution is 0.300. The van der Waals surface area contributed by atoms with E-state index in [1.54, 1.807) is 0 Å². The molecule has 2 aromatic rings. The van der Waals surface area contributed by atoms with Gasteiger partial charge in [0.25, 0.3) is 0 Å². The van der Waals surface area contributed by atoms with E-state index < -0.39 is 0 Å². The molecule has 0 aliphatic carbocycles. The number of guanidine groups is 1. The van der Waals surface area contributed by atoms with Gasteiger partial charge in [0.15, 0.2) is 5.96 Å². The van der Waals surface area contributed by atoms with Crippen molar-refractivity contribution in [1.82, 2.24) is 10.3 Å². The van der Waals surface area contributed by atoms with E-state index in [9.17, 15) is 0 Å². The molecule has 0 aliphatic heterocycles. The molecule has 9 heteroatoms. The molecule has 0 fully saturated rings. The molecule has 22 heavy (non-hydrogen) atoms. The summed E-state index contributed by atoms with van der Waals surface area (Å²) < 4.78 is 0. The molecule has 122 valence electrons. The minimum atomic E-state index is 0. The Hall–Kier alpha value is -1.38. The Morgan fingerprint density at radius 1 is 1.36 bits per heavy atom. The van der Waals surface area contributed by atoms with E-state index in [-0.39, 0.29) is 37.4 Å². The number of nitrogens with zero attached hydrogens (tertiary/aromatic N) is 2. The molecule has 0 aliphatic rings. The molecule has 0 saturated carbocycles. The van der Waals surface area contributed by atoms with E-state index in [0.717, 1.165) is 16.8 Å². The Bertz CT molecular complexity index is 606. The van der Waals surface area contributed by atoms with Crippen LogP contribution in [0, 0.1) is 0 Å². The third-order valence-corrected chi connectivity index (χ3v) is 3.32. The third kappa shape index (κ3) is 5.78. The smallest absolute Gasteiger partial charge is 0.212 e. The number of aliphatic imine (C=N–C) groups is 1. The Balaban J connectivity index is 0.00000220. The number of aliphatic hydroxyl groups excluding tert-OH is 1. The molecule has 0 amide bonds. The van der Waals surface area contributed by atoms with Gasteiger partial charge in [0.1, 0.15) is 0 Å². The van der Waals surface area contributed by atoms with E-state index in [2.05, 4.69) is 15.3 Å². The van der Waals surface area contributed by atoms with Crippen molar-refractivity contribution in [3.8, 4) is 11.3 Å². The highest BCUT2D eigenvalue weighted by Crippen LogP contribution is 2.27. The van der Waals surface area contributed by atoms with Crippen LogP contribution >= 0.6 is 36.2 Å². The number of halogens is 2. The number of hydrogen-bond donors (Lipinski definition) is 4. The molecule has 2 rings (SSSR count). The fourth-order valence-corrected chi connectivity index (χ4v) is 2.34. The summed E-state index contributed by atoms with van der Waals surface area (Å²) in [5, 5.41) is 14.0. The van der Waals surface area contributed by atoms with E-state index >= 15 is 0 Å². The number of nitrogens with one attached hydrogen (secondary N) is 1. The zero-order chi connectivity index (χ0) is 14.4. The molecular formula is C13H19Cl2N5OS. The van der Waals surface area contributed by atoms with Crippen molar-refractivity contribution < 1.29 is 5.11 Å². The van der Waals surface area contributed by atoms with Crippen LogP contribution in [-0.4, -0.2) is 29.2 Å². The predicted octanol–water partition coefficient (Wildman–Crippen LogP) is 1.64. The second kappa shape index (κ2) is 10.4. The van der Waals surface area contributed by atoms with Gasteiger partial charge < -0.3 is 21.9 Å². The van der Waals surface area contributed by atoms with E-state index in [1.165, 1.54) is 11.3 Å². The van der Waals surface area contributed by atoms with Gasteiger partial charge in [-0.25, -0.2) is 4.98 Å². The van der Waals surface area contributed by atoms with Crippen LogP contribution in [0.15, 0.2) is 34.6 Å². The Morgan fingerprint density at radius 3 is 2.82 bits per heavy atom. The van der Waals surface area contributed by atoms with Crippen LogP contribution in [0.25, 0.3) is 11.3 Å². The maximum Gasteiger partial charge on any atom is 0.212 e. The normalized spacial score (nSPS) is 10.5. The highest BCUT2D eigenvalue weighted by atomic mass is 35.5. The monoisotopic (exact) mass is 363 g/mol. The van der Waals surface area contributed by atoms with E-state index in [1.807, 2.05) is 29.6 Å². The second-order valence-electron chi connectivity index (χ2n) is 4.07. The van der Waals surface area contributed by atoms with Crippen molar-refractivity contribution in [2.45, 2.75) is 6.54 Å². The molecular weight excluding hydrogens is 345 g/mol. The zero-order valence-electron chi connectivity index (χ0n) is 11.7. The fourth-order valence-electron chi connectivity index (χ4n) is 1.63. The molecule has 6 nitrogen and oxygen atoms in total. The largest absolute Gasteiger partial charge is 0.395 e. The van der Waals surface area contributed by atoms with Crippen LogP contribution in [0.4, 0.5) is 5.13 Å². The quantitative estimate of drug-likeness (QED) is 0.476. The summed E-state index contributed by atoms with van der Waals surface area (Å²) in [5.74, 6) is 0.246. The van der Waals surface area contributed by atoms with Crippen molar-refractivity contribution >= 4 is 47.2 Å². The van der Waals surface area contributed by atoms with Gasteiger partial charge >= 0.3 is 0 Å². The van der Waals surface area contributed by atoms with Crippen molar-refractivity contribution in [3.63, 3.8) is 0 Å². The average molecular weight is 364 g/mol. The van der Waals surface area contributed by atoms with Crippen LogP contribution in [-0.2, 0) is 6.54 Å². The summed E-state index contributed by atoms with van der Waals surface area (Å²) in [6, 6.07) is 7.92. The Morgan fingerprint density at radius 2 is 2.14 bits per heavy atom. The first-order chi connectivity index (χ1) is 9.72. The Labute approximate surface area is 145 Å². The number of rotatable bonds is 5. The van der Waals surface area contributed by atoms with Crippen molar-refractivity contribution in [3.05, 3.63) is 35.2 Å². The topological polar surface area (TPSA) is 110 Å². The van der Waals surface area contributed by atoms with E-state index in [4.69, 9.17) is 16.6 Å². The number of thiazole rings is 1. The first-order valence-electron chi connectivity index (χ1n) is 6.16. The predicted molar refractivity (Wildman–Crippen MR) is 96.3 cm³/mol. The summed E-state index contributed by atoms with van der Waals surface area (Å²) in [6.07, 6.45) is 0. The minimum absolute atomic E-state index is 0. The van der Waals surface area contributed by atoms with Crippen LogP contribution in [0.3, 0.4) is 0 Å². The SMILES string of the molecule is Cl.Cl.NCc1cccc(-c2csc(/N=C(\N)NCCO)n2)c1. The summed E-state index contributed by atoms with van der Waals surface area (Å²) in [6.45, 7) is 0.873. The minimum Gasteiger partial charge on any atom is -0.395 e. The molecule has 1 aromatic heterocycles. The lowest BCUT2D eigenvalue weighted by Crippen LogP contribution is -2.33. The van der Waals surface area contributed by atoms with Gasteiger partial charge in [-0.2, -0.15) is 4.99 Å². The van der Waals surface area contributed by atoms with Gasteiger partial charge in [-0.1, -0.05) is 18.2 Å². The second-order valence-corrected chi connectivity index (χ2v) is 4.90. The average Bonchev–Trinajstić information content (AvgIpc) is 2.93. The molecule has 0 spiro atoms. The van der Waals surface area contributed by atoms with Crippen molar-refractivity contribution in [1.29, 1.82) is 0 Å². The van der Waals surface area contributed by atoms with Gasteiger partial charge in [0.05, 0.1) is 12.3 Å². The zero-order valence-corrected chi connectivity index (χ0v) is 14.2. The maximum atomic E-state index is 8.69. The van der Waals surface area contributed by atoms with Crippen LogP contribution < -0.4 is 16.8 Å². The van der Waals surface area contributed by atoms with Crippen LogP contribution in [0.5, 0.6) is 0 Å². The summed E-state index contributed by atoms with van der Waals surface area (Å²) in [4.78, 5) is 8.55. The number of aromatic nitrogens is 1. The van der Waals surface area contributed by atoms with Crippen molar-refractivity contribution in [2.24, 2.45) is 16.5 Å². The maximum absolute atomic E-state index is 8.69. The summed E-state index contributed by atoms with van der Waals surface area (Å²) >= 11 is 1.41. The fraction of sp³-hybridized carbons (Fsp3) is 0.231. The van der Waals surface area contributed by atoms with E-state index in [0.29, 0.717) is 18.2 Å². The van der Waals surface area contributed by atoms with Crippen molar-refractivity contribution in [2.75, 3.05) is 13.2 Å². The van der Waals surface area contributed by atoms with Crippen LogP contribution in [0.1, 0.15) is 5.56 Å². The number of hydrogen-bond acceptors (Lipinski definition) is 5. The lowest BCUT2D eigenvalue weighted by atomic mass is 10.1. The third-order valence-electron chi connectivity index (χ3n) is 2.58. The molecule has 1 heterocycles. The number of nitrogens with two attached hydrogens (primary N) is 2. The van der Waals surface area contributed by atoms with Gasteiger partial charge in [-0.15, -0.1) is 36.2 Å². The van der Waals surface area contributed by atoms with Crippen LogP contribution in [0.2, 0.25) is 0 Å². The van der Waals surface area contributed by atoms with Gasteiger partial charge in [0, 0.05) is 24.0 Å². The summed E-state index contributed by atoms with van der Waals surface area (Å²) in [5.41, 5.74) is 14.2. The number of aliphatic hydroxyl groups is 1. The Kier molecular flexibility index (Phi) is 9.71. The molecule has 0 atom stereocenters. The first-order valence-corrected chi connectivity index (χ1v) is 7.04. The highest BCUT2D eigenvalue weighted by molar-refractivity contribution is 7.13. The molecule has 0 saturated heterocycles. The molecule has 0 unspecified atom stereocenters. The van der Waals surface area contributed by atoms with Gasteiger partial charge in [-0.3, -0.25) is 0 Å². The first kappa shape index (κ1) is 20.6. The lowest BCUT2D eigenvalue weighted by Gasteiger charge is -2.01.